The van der Waals surface area contributed by atoms with Gasteiger partial charge in [-0.1, -0.05) is 97.8 Å². The summed E-state index contributed by atoms with van der Waals surface area (Å²) in [5, 5.41) is 0. The lowest BCUT2D eigenvalue weighted by atomic mass is 9.70. The molecule has 6 aromatic carbocycles. The molecule has 0 spiro atoms. The van der Waals surface area contributed by atoms with Crippen LogP contribution in [0.25, 0.3) is 11.1 Å². The van der Waals surface area contributed by atoms with E-state index in [1.54, 1.807) is 0 Å². The highest BCUT2D eigenvalue weighted by molar-refractivity contribution is 5.88. The summed E-state index contributed by atoms with van der Waals surface area (Å²) in [7, 11) is 8.77. The van der Waals surface area contributed by atoms with Crippen molar-refractivity contribution in [3.05, 3.63) is 169 Å². The first kappa shape index (κ1) is 36.2. The van der Waals surface area contributed by atoms with E-state index in [2.05, 4.69) is 206 Å². The van der Waals surface area contributed by atoms with Crippen LogP contribution in [0.5, 0.6) is 0 Å². The van der Waals surface area contributed by atoms with Gasteiger partial charge in [0.1, 0.15) is 0 Å². The number of rotatable bonds is 16. The summed E-state index contributed by atoms with van der Waals surface area (Å²) in [5.41, 5.74) is 12.7. The molecular weight excluding hydrogens is 645 g/mol. The second-order valence-electron chi connectivity index (χ2n) is 15.1. The molecule has 0 atom stereocenters. The van der Waals surface area contributed by atoms with Gasteiger partial charge in [0.2, 0.25) is 0 Å². The molecule has 0 aromatic heterocycles. The standard InChI is InChI=1S/C49H54N4/c1-50(2)35-19-17-33-49(34-18-20-36-51(3)4)47-37-43(52(39-21-9-5-10-22-39)40-23-11-6-12-24-40)29-31-45(47)46-32-30-44(38-48(46)49)53(41-25-13-7-14-26-41)42-27-15-8-16-28-42/h5-16,21-32,37-38H,17-20,33-36H2,1-4H3. The van der Waals surface area contributed by atoms with Gasteiger partial charge in [-0.25, -0.2) is 0 Å². The molecule has 4 nitrogen and oxygen atoms in total. The normalized spacial score (nSPS) is 12.9. The second-order valence-corrected chi connectivity index (χ2v) is 15.1. The van der Waals surface area contributed by atoms with Crippen molar-refractivity contribution in [2.75, 3.05) is 51.1 Å². The molecule has 53 heavy (non-hydrogen) atoms. The molecule has 6 aromatic rings. The Morgan fingerprint density at radius 3 is 0.981 bits per heavy atom. The Bertz CT molecular complexity index is 1810. The van der Waals surface area contributed by atoms with E-state index in [0.717, 1.165) is 25.9 Å². The van der Waals surface area contributed by atoms with Crippen molar-refractivity contribution in [1.29, 1.82) is 0 Å². The van der Waals surface area contributed by atoms with E-state index in [1.165, 1.54) is 82.1 Å². The van der Waals surface area contributed by atoms with Crippen LogP contribution in [0.15, 0.2) is 158 Å². The third kappa shape index (κ3) is 7.95. The summed E-state index contributed by atoms with van der Waals surface area (Å²) in [5.74, 6) is 0. The van der Waals surface area contributed by atoms with Crippen LogP contribution in [0.1, 0.15) is 49.7 Å². The number of nitrogens with zero attached hydrogens (tertiary/aromatic N) is 4. The van der Waals surface area contributed by atoms with Crippen LogP contribution in [-0.4, -0.2) is 51.1 Å². The van der Waals surface area contributed by atoms with Gasteiger partial charge >= 0.3 is 0 Å². The van der Waals surface area contributed by atoms with Gasteiger partial charge in [-0.15, -0.1) is 0 Å². The van der Waals surface area contributed by atoms with E-state index >= 15 is 0 Å². The lowest BCUT2D eigenvalue weighted by Crippen LogP contribution is -2.27. The molecule has 1 aliphatic rings. The molecule has 0 amide bonds. The van der Waals surface area contributed by atoms with Crippen LogP contribution in [0.3, 0.4) is 0 Å². The lowest BCUT2D eigenvalue weighted by Gasteiger charge is -2.35. The summed E-state index contributed by atoms with van der Waals surface area (Å²) in [4.78, 5) is 9.49. The van der Waals surface area contributed by atoms with Gasteiger partial charge in [-0.3, -0.25) is 0 Å². The summed E-state index contributed by atoms with van der Waals surface area (Å²) < 4.78 is 0. The van der Waals surface area contributed by atoms with Gasteiger partial charge in [-0.2, -0.15) is 0 Å². The maximum Gasteiger partial charge on any atom is 0.0465 e. The molecule has 0 heterocycles. The van der Waals surface area contributed by atoms with Crippen molar-refractivity contribution < 1.29 is 0 Å². The van der Waals surface area contributed by atoms with E-state index in [0.29, 0.717) is 0 Å². The molecule has 0 saturated carbocycles. The molecule has 0 unspecified atom stereocenters. The van der Waals surface area contributed by atoms with Crippen molar-refractivity contribution in [2.24, 2.45) is 0 Å². The average molecular weight is 699 g/mol. The zero-order valence-electron chi connectivity index (χ0n) is 32.0. The average Bonchev–Trinajstić information content (AvgIpc) is 3.45. The first-order valence-electron chi connectivity index (χ1n) is 19.3. The smallest absolute Gasteiger partial charge is 0.0465 e. The fraction of sp³-hybridized carbons (Fsp3) is 0.265. The Morgan fingerprint density at radius 1 is 0.358 bits per heavy atom. The number of anilines is 6. The Morgan fingerprint density at radius 2 is 0.679 bits per heavy atom. The van der Waals surface area contributed by atoms with Crippen molar-refractivity contribution >= 4 is 34.1 Å². The van der Waals surface area contributed by atoms with E-state index in [9.17, 15) is 0 Å². The SMILES string of the molecule is CN(C)CCCCC1(CCCCN(C)C)c2cc(N(c3ccccc3)c3ccccc3)ccc2-c2ccc(N(c3ccccc3)c3ccccc3)cc21. The quantitative estimate of drug-likeness (QED) is 0.0933. The predicted molar refractivity (Wildman–Crippen MR) is 227 cm³/mol. The summed E-state index contributed by atoms with van der Waals surface area (Å²) in [6.45, 7) is 2.20. The molecule has 4 heteroatoms. The molecule has 270 valence electrons. The van der Waals surface area contributed by atoms with Gasteiger partial charge in [0.25, 0.3) is 0 Å². The van der Waals surface area contributed by atoms with E-state index < -0.39 is 0 Å². The molecule has 0 saturated heterocycles. The fourth-order valence-electron chi connectivity index (χ4n) is 8.33. The highest BCUT2D eigenvalue weighted by Crippen LogP contribution is 2.56. The van der Waals surface area contributed by atoms with Crippen molar-refractivity contribution in [3.63, 3.8) is 0 Å². The zero-order valence-corrected chi connectivity index (χ0v) is 32.0. The highest BCUT2D eigenvalue weighted by atomic mass is 15.1. The largest absolute Gasteiger partial charge is 0.310 e. The highest BCUT2D eigenvalue weighted by Gasteiger charge is 2.43. The van der Waals surface area contributed by atoms with Crippen LogP contribution >= 0.6 is 0 Å². The Labute approximate surface area is 317 Å². The number of benzene rings is 6. The lowest BCUT2D eigenvalue weighted by molar-refractivity contribution is 0.346. The summed E-state index contributed by atoms with van der Waals surface area (Å²) >= 11 is 0. The minimum absolute atomic E-state index is 0.118. The maximum absolute atomic E-state index is 2.54. The molecule has 1 aliphatic carbocycles. The Kier molecular flexibility index (Phi) is 11.4. The zero-order chi connectivity index (χ0) is 36.6. The van der Waals surface area contributed by atoms with Crippen LogP contribution < -0.4 is 9.80 Å². The summed E-state index contributed by atoms with van der Waals surface area (Å²) in [6, 6.07) is 57.9. The molecular formula is C49H54N4. The molecule has 0 fully saturated rings. The molecule has 0 N–H and O–H groups in total. The molecule has 0 bridgehead atoms. The van der Waals surface area contributed by atoms with Gasteiger partial charge in [-0.05, 0) is 162 Å². The van der Waals surface area contributed by atoms with Crippen LogP contribution in [0.2, 0.25) is 0 Å². The van der Waals surface area contributed by atoms with Gasteiger partial charge in [0.05, 0.1) is 0 Å². The van der Waals surface area contributed by atoms with Crippen LogP contribution in [-0.2, 0) is 5.41 Å². The van der Waals surface area contributed by atoms with Gasteiger partial charge in [0.15, 0.2) is 0 Å². The monoisotopic (exact) mass is 698 g/mol. The van der Waals surface area contributed by atoms with Crippen LogP contribution in [0.4, 0.5) is 34.1 Å². The van der Waals surface area contributed by atoms with Crippen LogP contribution in [0, 0.1) is 0 Å². The Balaban J connectivity index is 1.41. The fourth-order valence-corrected chi connectivity index (χ4v) is 8.33. The first-order chi connectivity index (χ1) is 25.9. The number of fused-ring (bicyclic) bond motifs is 3. The Hall–Kier alpha value is -5.16. The second kappa shape index (κ2) is 16.7. The third-order valence-electron chi connectivity index (χ3n) is 10.8. The van der Waals surface area contributed by atoms with Crippen molar-refractivity contribution in [3.8, 4) is 11.1 Å². The van der Waals surface area contributed by atoms with E-state index in [4.69, 9.17) is 0 Å². The first-order valence-corrected chi connectivity index (χ1v) is 19.3. The van der Waals surface area contributed by atoms with Gasteiger partial charge in [0, 0.05) is 39.5 Å². The van der Waals surface area contributed by atoms with E-state index in [-0.39, 0.29) is 5.41 Å². The maximum atomic E-state index is 2.54. The predicted octanol–water partition coefficient (Wildman–Crippen LogP) is 12.4. The third-order valence-corrected chi connectivity index (χ3v) is 10.8. The minimum Gasteiger partial charge on any atom is -0.310 e. The summed E-state index contributed by atoms with van der Waals surface area (Å²) in [6.07, 6.45) is 6.92. The molecule has 7 rings (SSSR count). The molecule has 0 radical (unpaired) electrons. The minimum atomic E-state index is -0.118. The van der Waals surface area contributed by atoms with E-state index in [1.807, 2.05) is 0 Å². The van der Waals surface area contributed by atoms with Gasteiger partial charge < -0.3 is 19.6 Å². The van der Waals surface area contributed by atoms with Crippen molar-refractivity contribution in [1.82, 2.24) is 9.80 Å². The number of hydrogen-bond donors (Lipinski definition) is 0. The number of para-hydroxylation sites is 4. The van der Waals surface area contributed by atoms with Crippen molar-refractivity contribution in [2.45, 2.75) is 43.9 Å². The molecule has 0 aliphatic heterocycles. The number of unbranched alkanes of at least 4 members (excludes halogenated alkanes) is 2. The number of hydrogen-bond acceptors (Lipinski definition) is 4. The topological polar surface area (TPSA) is 13.0 Å².